The Morgan fingerprint density at radius 1 is 1.78 bits per heavy atom. The molecule has 1 N–H and O–H groups in total. The molecule has 0 aromatic heterocycles. The van der Waals surface area contributed by atoms with Gasteiger partial charge in [0.1, 0.15) is 0 Å². The van der Waals surface area contributed by atoms with Gasteiger partial charge in [-0.1, -0.05) is 0 Å². The molecule has 0 aromatic carbocycles. The number of nitrogens with one attached hydrogen (secondary N) is 1. The molecule has 0 spiro atoms. The van der Waals surface area contributed by atoms with Crippen molar-refractivity contribution in [2.75, 3.05) is 20.2 Å². The fourth-order valence-corrected chi connectivity index (χ4v) is 0.757. The van der Waals surface area contributed by atoms with Crippen LogP contribution in [0.4, 0.5) is 0 Å². The predicted molar refractivity (Wildman–Crippen MR) is 36.8 cm³/mol. The van der Waals surface area contributed by atoms with Gasteiger partial charge in [-0.15, -0.1) is 0 Å². The third-order valence-corrected chi connectivity index (χ3v) is 1.38. The number of methoxy groups -OCH3 is 1. The fraction of sp³-hybridized carbons (Fsp3) is 0.833. The van der Waals surface area contributed by atoms with Crippen molar-refractivity contribution in [3.8, 4) is 0 Å². The van der Waals surface area contributed by atoms with Crippen LogP contribution in [-0.4, -0.2) is 32.1 Å². The molecule has 1 rings (SSSR count). The number of rotatable bonds is 0. The standard InChI is InChI=1S/C6H12N2O/c1-5-3-8-6(9-2)4-7-5/h5,7H,3-4H2,1-2H3. The molecule has 0 bridgehead atoms. The van der Waals surface area contributed by atoms with Crippen LogP contribution in [0, 0.1) is 0 Å². The van der Waals surface area contributed by atoms with Crippen LogP contribution < -0.4 is 5.32 Å². The van der Waals surface area contributed by atoms with Crippen molar-refractivity contribution in [2.24, 2.45) is 4.99 Å². The first-order chi connectivity index (χ1) is 4.33. The molecule has 1 atom stereocenters. The van der Waals surface area contributed by atoms with Crippen LogP contribution in [0.5, 0.6) is 0 Å². The summed E-state index contributed by atoms with van der Waals surface area (Å²) in [5.41, 5.74) is 0. The van der Waals surface area contributed by atoms with E-state index in [4.69, 9.17) is 4.74 Å². The predicted octanol–water partition coefficient (Wildman–Crippen LogP) is 0.0230. The highest BCUT2D eigenvalue weighted by molar-refractivity contribution is 5.78. The van der Waals surface area contributed by atoms with Gasteiger partial charge in [0.05, 0.1) is 20.2 Å². The van der Waals surface area contributed by atoms with Crippen LogP contribution in [0.15, 0.2) is 4.99 Å². The molecule has 0 aliphatic carbocycles. The molecule has 0 radical (unpaired) electrons. The molecule has 1 unspecified atom stereocenters. The Morgan fingerprint density at radius 2 is 2.56 bits per heavy atom. The second kappa shape index (κ2) is 2.82. The molecule has 0 aromatic rings. The molecule has 9 heavy (non-hydrogen) atoms. The second-order valence-corrected chi connectivity index (χ2v) is 2.22. The van der Waals surface area contributed by atoms with E-state index in [0.29, 0.717) is 6.04 Å². The van der Waals surface area contributed by atoms with E-state index in [9.17, 15) is 0 Å². The lowest BCUT2D eigenvalue weighted by Gasteiger charge is -2.17. The SMILES string of the molecule is COC1=NCC(C)NC1. The maximum atomic E-state index is 4.93. The zero-order valence-corrected chi connectivity index (χ0v) is 5.85. The van der Waals surface area contributed by atoms with Gasteiger partial charge in [0.2, 0.25) is 0 Å². The zero-order chi connectivity index (χ0) is 6.69. The molecule has 1 aliphatic rings. The highest BCUT2D eigenvalue weighted by Crippen LogP contribution is 1.92. The molecule has 0 saturated carbocycles. The minimum atomic E-state index is 0.504. The third kappa shape index (κ3) is 1.68. The van der Waals surface area contributed by atoms with Crippen LogP contribution in [0.2, 0.25) is 0 Å². The Hall–Kier alpha value is -0.570. The van der Waals surface area contributed by atoms with Crippen molar-refractivity contribution >= 4 is 5.90 Å². The highest BCUT2D eigenvalue weighted by atomic mass is 16.5. The van der Waals surface area contributed by atoms with Crippen molar-refractivity contribution in [1.29, 1.82) is 0 Å². The number of ether oxygens (including phenoxy) is 1. The molecule has 1 aliphatic heterocycles. The largest absolute Gasteiger partial charge is 0.483 e. The summed E-state index contributed by atoms with van der Waals surface area (Å²) in [4.78, 5) is 4.16. The van der Waals surface area contributed by atoms with E-state index < -0.39 is 0 Å². The minimum absolute atomic E-state index is 0.504. The zero-order valence-electron chi connectivity index (χ0n) is 5.85. The number of aliphatic imine (C=N–C) groups is 1. The van der Waals surface area contributed by atoms with Crippen molar-refractivity contribution in [3.05, 3.63) is 0 Å². The molecular formula is C6H12N2O. The van der Waals surface area contributed by atoms with Gasteiger partial charge >= 0.3 is 0 Å². The summed E-state index contributed by atoms with van der Waals surface area (Å²) in [6.07, 6.45) is 0. The van der Waals surface area contributed by atoms with E-state index in [1.165, 1.54) is 0 Å². The molecule has 0 amide bonds. The lowest BCUT2D eigenvalue weighted by Crippen LogP contribution is -2.38. The van der Waals surface area contributed by atoms with Crippen LogP contribution in [0.1, 0.15) is 6.92 Å². The monoisotopic (exact) mass is 128 g/mol. The average molecular weight is 128 g/mol. The minimum Gasteiger partial charge on any atom is -0.483 e. The second-order valence-electron chi connectivity index (χ2n) is 2.22. The Labute approximate surface area is 55.1 Å². The maximum Gasteiger partial charge on any atom is 0.197 e. The molecule has 3 nitrogen and oxygen atoms in total. The van der Waals surface area contributed by atoms with Crippen molar-refractivity contribution in [2.45, 2.75) is 13.0 Å². The molecule has 1 heterocycles. The average Bonchev–Trinajstić information content (AvgIpc) is 1.90. The Balaban J connectivity index is 2.40. The first-order valence-electron chi connectivity index (χ1n) is 3.13. The highest BCUT2D eigenvalue weighted by Gasteiger charge is 2.08. The molecule has 0 fully saturated rings. The van der Waals surface area contributed by atoms with Gasteiger partial charge in [-0.25, -0.2) is 0 Å². The van der Waals surface area contributed by atoms with Crippen LogP contribution >= 0.6 is 0 Å². The summed E-state index contributed by atoms with van der Waals surface area (Å²) in [6, 6.07) is 0.504. The quantitative estimate of drug-likeness (QED) is 0.499. The van der Waals surface area contributed by atoms with Crippen molar-refractivity contribution < 1.29 is 4.74 Å². The lowest BCUT2D eigenvalue weighted by atomic mass is 10.3. The normalized spacial score (nSPS) is 27.3. The number of hydrogen-bond acceptors (Lipinski definition) is 3. The molecule has 0 saturated heterocycles. The summed E-state index contributed by atoms with van der Waals surface area (Å²) < 4.78 is 4.93. The fourth-order valence-electron chi connectivity index (χ4n) is 0.757. The van der Waals surface area contributed by atoms with E-state index in [1.807, 2.05) is 0 Å². The lowest BCUT2D eigenvalue weighted by molar-refractivity contribution is 0.372. The van der Waals surface area contributed by atoms with E-state index in [1.54, 1.807) is 7.11 Å². The maximum absolute atomic E-state index is 4.93. The van der Waals surface area contributed by atoms with E-state index in [-0.39, 0.29) is 0 Å². The van der Waals surface area contributed by atoms with Gasteiger partial charge in [0.25, 0.3) is 0 Å². The van der Waals surface area contributed by atoms with Crippen LogP contribution in [0.3, 0.4) is 0 Å². The van der Waals surface area contributed by atoms with Gasteiger partial charge in [-0.3, -0.25) is 4.99 Å². The van der Waals surface area contributed by atoms with Gasteiger partial charge in [-0.2, -0.15) is 0 Å². The molecular weight excluding hydrogens is 116 g/mol. The van der Waals surface area contributed by atoms with Crippen molar-refractivity contribution in [1.82, 2.24) is 5.32 Å². The Kier molecular flexibility index (Phi) is 2.05. The number of nitrogens with zero attached hydrogens (tertiary/aromatic N) is 1. The van der Waals surface area contributed by atoms with Gasteiger partial charge in [-0.05, 0) is 6.92 Å². The third-order valence-electron chi connectivity index (χ3n) is 1.38. The topological polar surface area (TPSA) is 33.6 Å². The van der Waals surface area contributed by atoms with Crippen LogP contribution in [-0.2, 0) is 4.74 Å². The smallest absolute Gasteiger partial charge is 0.197 e. The van der Waals surface area contributed by atoms with Gasteiger partial charge in [0, 0.05) is 6.04 Å². The van der Waals surface area contributed by atoms with Crippen molar-refractivity contribution in [3.63, 3.8) is 0 Å². The molecule has 52 valence electrons. The first kappa shape index (κ1) is 6.55. The van der Waals surface area contributed by atoms with E-state index in [0.717, 1.165) is 19.0 Å². The summed E-state index contributed by atoms with van der Waals surface area (Å²) >= 11 is 0. The Bertz CT molecular complexity index is 122. The summed E-state index contributed by atoms with van der Waals surface area (Å²) in [5.74, 6) is 0.813. The van der Waals surface area contributed by atoms with E-state index in [2.05, 4.69) is 17.2 Å². The van der Waals surface area contributed by atoms with E-state index >= 15 is 0 Å². The molecule has 3 heteroatoms. The van der Waals surface area contributed by atoms with Crippen LogP contribution in [0.25, 0.3) is 0 Å². The Morgan fingerprint density at radius 3 is 3.00 bits per heavy atom. The first-order valence-corrected chi connectivity index (χ1v) is 3.13. The summed E-state index contributed by atoms with van der Waals surface area (Å²) in [7, 11) is 1.65. The van der Waals surface area contributed by atoms with Gasteiger partial charge < -0.3 is 10.1 Å². The summed E-state index contributed by atoms with van der Waals surface area (Å²) in [5, 5.41) is 3.23. The number of hydrogen-bond donors (Lipinski definition) is 1. The summed E-state index contributed by atoms with van der Waals surface area (Å²) in [6.45, 7) is 3.72. The van der Waals surface area contributed by atoms with Gasteiger partial charge in [0.15, 0.2) is 5.90 Å².